The fourth-order valence-electron chi connectivity index (χ4n) is 0.835. The molecule has 0 aromatic heterocycles. The Morgan fingerprint density at radius 1 is 1.23 bits per heavy atom. The second kappa shape index (κ2) is 4.25. The van der Waals surface area contributed by atoms with Crippen LogP contribution in [-0.2, 0) is 4.74 Å². The molecular formula is C9H8O4. The van der Waals surface area contributed by atoms with Crippen LogP contribution >= 0.6 is 0 Å². The standard InChI is InChI=1S/C9H8O4/c10-8(6-13-9(11)12)7-4-2-1-3-5-7/h1-5H,6H2,(H,11,12). The molecule has 0 aliphatic carbocycles. The van der Waals surface area contributed by atoms with Crippen LogP contribution in [0.4, 0.5) is 4.79 Å². The number of ketones is 1. The summed E-state index contributed by atoms with van der Waals surface area (Å²) in [6.07, 6.45) is -1.44. The van der Waals surface area contributed by atoms with Crippen LogP contribution in [0.2, 0.25) is 0 Å². The maximum Gasteiger partial charge on any atom is 0.506 e. The van der Waals surface area contributed by atoms with Crippen molar-refractivity contribution in [3.05, 3.63) is 35.9 Å². The van der Waals surface area contributed by atoms with E-state index in [0.29, 0.717) is 5.56 Å². The molecule has 0 aliphatic rings. The molecule has 4 nitrogen and oxygen atoms in total. The normalized spacial score (nSPS) is 9.23. The van der Waals surface area contributed by atoms with E-state index in [0.717, 1.165) is 0 Å². The molecule has 0 unspecified atom stereocenters. The number of rotatable bonds is 3. The zero-order chi connectivity index (χ0) is 9.68. The van der Waals surface area contributed by atoms with E-state index in [9.17, 15) is 9.59 Å². The molecule has 0 radical (unpaired) electrons. The highest BCUT2D eigenvalue weighted by atomic mass is 16.7. The average molecular weight is 180 g/mol. The van der Waals surface area contributed by atoms with Gasteiger partial charge in [-0.15, -0.1) is 0 Å². The van der Waals surface area contributed by atoms with Crippen molar-refractivity contribution in [3.8, 4) is 0 Å². The summed E-state index contributed by atoms with van der Waals surface area (Å²) in [5, 5.41) is 8.13. The summed E-state index contributed by atoms with van der Waals surface area (Å²) in [6, 6.07) is 8.39. The molecule has 0 spiro atoms. The highest BCUT2D eigenvalue weighted by molar-refractivity contribution is 5.97. The van der Waals surface area contributed by atoms with Crippen LogP contribution in [0.25, 0.3) is 0 Å². The van der Waals surface area contributed by atoms with Gasteiger partial charge in [0.15, 0.2) is 12.4 Å². The second-order valence-electron chi connectivity index (χ2n) is 2.34. The first-order valence-corrected chi connectivity index (χ1v) is 3.64. The van der Waals surface area contributed by atoms with E-state index < -0.39 is 12.8 Å². The molecule has 0 heterocycles. The van der Waals surface area contributed by atoms with Crippen LogP contribution in [0.5, 0.6) is 0 Å². The molecule has 0 fully saturated rings. The van der Waals surface area contributed by atoms with Crippen molar-refractivity contribution in [1.29, 1.82) is 0 Å². The van der Waals surface area contributed by atoms with Gasteiger partial charge in [0.2, 0.25) is 0 Å². The Hall–Kier alpha value is -1.84. The van der Waals surface area contributed by atoms with Gasteiger partial charge in [0, 0.05) is 5.56 Å². The van der Waals surface area contributed by atoms with Crippen LogP contribution < -0.4 is 0 Å². The van der Waals surface area contributed by atoms with Gasteiger partial charge in [0.05, 0.1) is 0 Å². The van der Waals surface area contributed by atoms with Gasteiger partial charge in [-0.3, -0.25) is 4.79 Å². The van der Waals surface area contributed by atoms with E-state index >= 15 is 0 Å². The molecular weight excluding hydrogens is 172 g/mol. The summed E-state index contributed by atoms with van der Waals surface area (Å²) < 4.78 is 4.13. The smallest absolute Gasteiger partial charge is 0.450 e. The van der Waals surface area contributed by atoms with Gasteiger partial charge >= 0.3 is 6.16 Å². The van der Waals surface area contributed by atoms with Crippen molar-refractivity contribution in [2.75, 3.05) is 6.61 Å². The van der Waals surface area contributed by atoms with Crippen molar-refractivity contribution >= 4 is 11.9 Å². The van der Waals surface area contributed by atoms with Crippen LogP contribution in [0.3, 0.4) is 0 Å². The molecule has 1 aromatic rings. The lowest BCUT2D eigenvalue weighted by atomic mass is 10.1. The molecule has 1 N–H and O–H groups in total. The van der Waals surface area contributed by atoms with Crippen LogP contribution in [0.15, 0.2) is 30.3 Å². The highest BCUT2D eigenvalue weighted by Crippen LogP contribution is 1.99. The molecule has 1 rings (SSSR count). The first-order valence-electron chi connectivity index (χ1n) is 3.64. The topological polar surface area (TPSA) is 63.6 Å². The third kappa shape index (κ3) is 2.94. The molecule has 13 heavy (non-hydrogen) atoms. The minimum atomic E-state index is -1.44. The lowest BCUT2D eigenvalue weighted by Crippen LogP contribution is -2.12. The number of carbonyl (C=O) groups is 2. The molecule has 0 amide bonds. The highest BCUT2D eigenvalue weighted by Gasteiger charge is 2.07. The Morgan fingerprint density at radius 2 is 1.85 bits per heavy atom. The number of carbonyl (C=O) groups excluding carboxylic acids is 1. The largest absolute Gasteiger partial charge is 0.506 e. The fourth-order valence-corrected chi connectivity index (χ4v) is 0.835. The third-order valence-electron chi connectivity index (χ3n) is 1.42. The number of Topliss-reactive ketones (excluding diaryl/α,β-unsaturated/α-hetero) is 1. The number of carboxylic acid groups (broad SMARTS) is 1. The third-order valence-corrected chi connectivity index (χ3v) is 1.42. The number of benzene rings is 1. The van der Waals surface area contributed by atoms with E-state index in [1.54, 1.807) is 30.3 Å². The molecule has 0 saturated heterocycles. The SMILES string of the molecule is O=C(O)OCC(=O)c1ccccc1. The summed E-state index contributed by atoms with van der Waals surface area (Å²) in [6.45, 7) is -0.431. The monoisotopic (exact) mass is 180 g/mol. The predicted molar refractivity (Wildman–Crippen MR) is 44.7 cm³/mol. The Morgan fingerprint density at radius 3 is 2.38 bits per heavy atom. The van der Waals surface area contributed by atoms with E-state index in [2.05, 4.69) is 4.74 Å². The minimum Gasteiger partial charge on any atom is -0.450 e. The van der Waals surface area contributed by atoms with Gasteiger partial charge in [-0.05, 0) is 0 Å². The first kappa shape index (κ1) is 9.25. The lowest BCUT2D eigenvalue weighted by molar-refractivity contribution is 0.0704. The minimum absolute atomic E-state index is 0.344. The van der Waals surface area contributed by atoms with Gasteiger partial charge in [-0.2, -0.15) is 0 Å². The van der Waals surface area contributed by atoms with Crippen LogP contribution in [0, 0.1) is 0 Å². The van der Waals surface area contributed by atoms with Crippen molar-refractivity contribution < 1.29 is 19.4 Å². The molecule has 0 bridgehead atoms. The molecule has 1 aromatic carbocycles. The van der Waals surface area contributed by atoms with Gasteiger partial charge in [-0.1, -0.05) is 30.3 Å². The Labute approximate surface area is 74.8 Å². The summed E-state index contributed by atoms with van der Waals surface area (Å²) in [5.41, 5.74) is 0.448. The molecule has 68 valence electrons. The zero-order valence-corrected chi connectivity index (χ0v) is 6.77. The van der Waals surface area contributed by atoms with E-state index in [-0.39, 0.29) is 5.78 Å². The lowest BCUT2D eigenvalue weighted by Gasteiger charge is -1.99. The Balaban J connectivity index is 2.54. The quantitative estimate of drug-likeness (QED) is 0.566. The van der Waals surface area contributed by atoms with Crippen molar-refractivity contribution in [2.45, 2.75) is 0 Å². The molecule has 4 heteroatoms. The number of hydrogen-bond acceptors (Lipinski definition) is 3. The van der Waals surface area contributed by atoms with Gasteiger partial charge in [0.1, 0.15) is 0 Å². The molecule has 0 atom stereocenters. The van der Waals surface area contributed by atoms with Crippen molar-refractivity contribution in [1.82, 2.24) is 0 Å². The molecule has 0 saturated carbocycles. The second-order valence-corrected chi connectivity index (χ2v) is 2.34. The first-order chi connectivity index (χ1) is 6.20. The maximum atomic E-state index is 11.2. The average Bonchev–Trinajstić information content (AvgIpc) is 2.15. The van der Waals surface area contributed by atoms with Crippen LogP contribution in [0.1, 0.15) is 10.4 Å². The van der Waals surface area contributed by atoms with E-state index in [4.69, 9.17) is 5.11 Å². The van der Waals surface area contributed by atoms with Gasteiger partial charge in [0.25, 0.3) is 0 Å². The van der Waals surface area contributed by atoms with Crippen molar-refractivity contribution in [2.24, 2.45) is 0 Å². The van der Waals surface area contributed by atoms with Crippen LogP contribution in [-0.4, -0.2) is 23.7 Å². The Bertz CT molecular complexity index is 305. The fraction of sp³-hybridized carbons (Fsp3) is 0.111. The van der Waals surface area contributed by atoms with Gasteiger partial charge in [-0.25, -0.2) is 4.79 Å². The number of hydrogen-bond donors (Lipinski definition) is 1. The Kier molecular flexibility index (Phi) is 3.03. The van der Waals surface area contributed by atoms with E-state index in [1.165, 1.54) is 0 Å². The summed E-state index contributed by atoms with van der Waals surface area (Å²) in [5.74, 6) is -0.344. The van der Waals surface area contributed by atoms with Crippen molar-refractivity contribution in [3.63, 3.8) is 0 Å². The molecule has 0 aliphatic heterocycles. The van der Waals surface area contributed by atoms with Gasteiger partial charge < -0.3 is 9.84 Å². The number of ether oxygens (including phenoxy) is 1. The summed E-state index contributed by atoms with van der Waals surface area (Å²) in [7, 11) is 0. The van der Waals surface area contributed by atoms with E-state index in [1.807, 2.05) is 0 Å². The zero-order valence-electron chi connectivity index (χ0n) is 6.77. The predicted octanol–water partition coefficient (Wildman–Crippen LogP) is 1.56. The maximum absolute atomic E-state index is 11.2. The summed E-state index contributed by atoms with van der Waals surface area (Å²) >= 11 is 0. The summed E-state index contributed by atoms with van der Waals surface area (Å²) in [4.78, 5) is 21.1.